The topological polar surface area (TPSA) is 86.6 Å². The Kier molecular flexibility index (Phi) is 4.62. The minimum atomic E-state index is -2.41. The number of carboxylic acid groups (broad SMARTS) is 1. The SMILES string of the molecule is O=C(O)C(NS(=O)O)c1ccccc1-c1ccccc1. The van der Waals surface area contributed by atoms with Gasteiger partial charge >= 0.3 is 5.97 Å². The zero-order valence-electron chi connectivity index (χ0n) is 10.4. The molecule has 104 valence electrons. The lowest BCUT2D eigenvalue weighted by atomic mass is 9.95. The summed E-state index contributed by atoms with van der Waals surface area (Å²) < 4.78 is 21.9. The van der Waals surface area contributed by atoms with Gasteiger partial charge in [-0.1, -0.05) is 54.6 Å². The number of hydrogen-bond donors (Lipinski definition) is 3. The fraction of sp³-hybridized carbons (Fsp3) is 0.0714. The molecule has 0 amide bonds. The molecule has 0 heterocycles. The van der Waals surface area contributed by atoms with Crippen molar-refractivity contribution >= 4 is 17.2 Å². The number of nitrogens with one attached hydrogen (secondary N) is 1. The summed E-state index contributed by atoms with van der Waals surface area (Å²) in [5.41, 5.74) is 1.99. The van der Waals surface area contributed by atoms with E-state index in [1.54, 1.807) is 24.3 Å². The molecule has 0 aromatic heterocycles. The summed E-state index contributed by atoms with van der Waals surface area (Å²) in [5, 5.41) is 9.24. The lowest BCUT2D eigenvalue weighted by Crippen LogP contribution is -2.30. The molecule has 0 aliphatic rings. The maximum atomic E-state index is 11.3. The van der Waals surface area contributed by atoms with E-state index in [1.165, 1.54) is 0 Å². The largest absolute Gasteiger partial charge is 0.480 e. The van der Waals surface area contributed by atoms with E-state index >= 15 is 0 Å². The third-order valence-electron chi connectivity index (χ3n) is 2.82. The number of carboxylic acids is 1. The molecule has 5 nitrogen and oxygen atoms in total. The molecule has 2 rings (SSSR count). The number of benzene rings is 2. The number of carbonyl (C=O) groups is 1. The van der Waals surface area contributed by atoms with Gasteiger partial charge in [0.25, 0.3) is 0 Å². The molecule has 0 aliphatic carbocycles. The van der Waals surface area contributed by atoms with Gasteiger partial charge in [0, 0.05) is 0 Å². The van der Waals surface area contributed by atoms with E-state index in [4.69, 9.17) is 4.55 Å². The van der Waals surface area contributed by atoms with Crippen molar-refractivity contribution in [3.05, 3.63) is 60.2 Å². The molecule has 0 saturated carbocycles. The molecule has 20 heavy (non-hydrogen) atoms. The van der Waals surface area contributed by atoms with Gasteiger partial charge in [-0.3, -0.25) is 9.35 Å². The Hall–Kier alpha value is -2.02. The smallest absolute Gasteiger partial charge is 0.326 e. The molecule has 0 radical (unpaired) electrons. The second kappa shape index (κ2) is 6.42. The minimum Gasteiger partial charge on any atom is -0.480 e. The molecule has 0 fully saturated rings. The van der Waals surface area contributed by atoms with Gasteiger partial charge in [0.1, 0.15) is 6.04 Å². The summed E-state index contributed by atoms with van der Waals surface area (Å²) in [6, 6.07) is 14.9. The normalized spacial score (nSPS) is 13.7. The van der Waals surface area contributed by atoms with Crippen molar-refractivity contribution in [3.63, 3.8) is 0 Å². The van der Waals surface area contributed by atoms with Crippen molar-refractivity contribution in [1.29, 1.82) is 0 Å². The van der Waals surface area contributed by atoms with Crippen molar-refractivity contribution in [2.24, 2.45) is 0 Å². The van der Waals surface area contributed by atoms with E-state index in [9.17, 15) is 14.1 Å². The van der Waals surface area contributed by atoms with Crippen LogP contribution in [0.4, 0.5) is 0 Å². The fourth-order valence-electron chi connectivity index (χ4n) is 1.98. The first-order valence-electron chi connectivity index (χ1n) is 5.84. The molecule has 0 saturated heterocycles. The average Bonchev–Trinajstić information content (AvgIpc) is 2.45. The summed E-state index contributed by atoms with van der Waals surface area (Å²) in [7, 11) is 0. The summed E-state index contributed by atoms with van der Waals surface area (Å²) in [4.78, 5) is 11.3. The van der Waals surface area contributed by atoms with Gasteiger partial charge in [-0.05, 0) is 16.7 Å². The van der Waals surface area contributed by atoms with E-state index in [0.717, 1.165) is 5.56 Å². The van der Waals surface area contributed by atoms with E-state index in [2.05, 4.69) is 4.72 Å². The number of aliphatic carboxylic acids is 1. The monoisotopic (exact) mass is 291 g/mol. The average molecular weight is 291 g/mol. The van der Waals surface area contributed by atoms with Crippen LogP contribution < -0.4 is 4.72 Å². The number of hydrogen-bond acceptors (Lipinski definition) is 2. The van der Waals surface area contributed by atoms with Crippen LogP contribution in [-0.2, 0) is 16.1 Å². The van der Waals surface area contributed by atoms with E-state index < -0.39 is 23.3 Å². The molecule has 2 atom stereocenters. The van der Waals surface area contributed by atoms with E-state index in [-0.39, 0.29) is 0 Å². The van der Waals surface area contributed by atoms with Crippen LogP contribution in [0.2, 0.25) is 0 Å². The molecular weight excluding hydrogens is 278 g/mol. The van der Waals surface area contributed by atoms with Crippen LogP contribution in [0.25, 0.3) is 11.1 Å². The van der Waals surface area contributed by atoms with Gasteiger partial charge < -0.3 is 5.11 Å². The van der Waals surface area contributed by atoms with Gasteiger partial charge in [-0.2, -0.15) is 4.72 Å². The zero-order valence-corrected chi connectivity index (χ0v) is 11.2. The van der Waals surface area contributed by atoms with Crippen molar-refractivity contribution in [1.82, 2.24) is 4.72 Å². The summed E-state index contributed by atoms with van der Waals surface area (Å²) >= 11 is -2.41. The van der Waals surface area contributed by atoms with Crippen LogP contribution >= 0.6 is 0 Å². The predicted molar refractivity (Wildman–Crippen MR) is 76.2 cm³/mol. The van der Waals surface area contributed by atoms with Crippen LogP contribution in [0.5, 0.6) is 0 Å². The van der Waals surface area contributed by atoms with Crippen LogP contribution in [0.15, 0.2) is 54.6 Å². The lowest BCUT2D eigenvalue weighted by Gasteiger charge is -2.16. The Morgan fingerprint density at radius 3 is 2.25 bits per heavy atom. The number of rotatable bonds is 5. The Labute approximate surface area is 118 Å². The zero-order chi connectivity index (χ0) is 14.5. The summed E-state index contributed by atoms with van der Waals surface area (Å²) in [6.07, 6.45) is 0. The van der Waals surface area contributed by atoms with Crippen LogP contribution in [0, 0.1) is 0 Å². The molecule has 6 heteroatoms. The summed E-state index contributed by atoms with van der Waals surface area (Å²) in [6.45, 7) is 0. The van der Waals surface area contributed by atoms with Crippen molar-refractivity contribution in [3.8, 4) is 11.1 Å². The highest BCUT2D eigenvalue weighted by molar-refractivity contribution is 7.77. The third kappa shape index (κ3) is 3.30. The quantitative estimate of drug-likeness (QED) is 0.737. The Morgan fingerprint density at radius 1 is 1.05 bits per heavy atom. The molecule has 2 aromatic rings. The maximum absolute atomic E-state index is 11.3. The van der Waals surface area contributed by atoms with Gasteiger partial charge in [0.05, 0.1) is 0 Å². The second-order valence-corrected chi connectivity index (χ2v) is 4.83. The standard InChI is InChI=1S/C14H13NO4S/c16-14(17)13(15-20(18)19)12-9-5-4-8-11(12)10-6-2-1-3-7-10/h1-9,13,15H,(H,16,17)(H,18,19). The molecule has 2 aromatic carbocycles. The van der Waals surface area contributed by atoms with Gasteiger partial charge in [-0.25, -0.2) is 4.21 Å². The van der Waals surface area contributed by atoms with Crippen LogP contribution in [0.3, 0.4) is 0 Å². The van der Waals surface area contributed by atoms with Crippen molar-refractivity contribution < 1.29 is 18.7 Å². The highest BCUT2D eigenvalue weighted by Gasteiger charge is 2.24. The Balaban J connectivity index is 2.51. The molecule has 0 bridgehead atoms. The third-order valence-corrected chi connectivity index (χ3v) is 3.26. The molecular formula is C14H13NO4S. The van der Waals surface area contributed by atoms with E-state index in [0.29, 0.717) is 11.1 Å². The highest BCUT2D eigenvalue weighted by atomic mass is 32.2. The Bertz CT molecular complexity index is 630. The maximum Gasteiger partial charge on any atom is 0.326 e. The van der Waals surface area contributed by atoms with Gasteiger partial charge in [0.2, 0.25) is 11.3 Å². The first-order chi connectivity index (χ1) is 9.59. The van der Waals surface area contributed by atoms with Crippen LogP contribution in [0.1, 0.15) is 11.6 Å². The first kappa shape index (κ1) is 14.4. The molecule has 0 aliphatic heterocycles. The van der Waals surface area contributed by atoms with Crippen molar-refractivity contribution in [2.45, 2.75) is 6.04 Å². The summed E-state index contributed by atoms with van der Waals surface area (Å²) in [5.74, 6) is -1.21. The second-order valence-electron chi connectivity index (χ2n) is 4.09. The lowest BCUT2D eigenvalue weighted by molar-refractivity contribution is -0.139. The minimum absolute atomic E-state index is 0.439. The first-order valence-corrected chi connectivity index (χ1v) is 6.94. The fourth-order valence-corrected chi connectivity index (χ4v) is 2.41. The van der Waals surface area contributed by atoms with Crippen molar-refractivity contribution in [2.75, 3.05) is 0 Å². The van der Waals surface area contributed by atoms with E-state index in [1.807, 2.05) is 30.3 Å². The van der Waals surface area contributed by atoms with Gasteiger partial charge in [-0.15, -0.1) is 0 Å². The Morgan fingerprint density at radius 2 is 1.65 bits per heavy atom. The van der Waals surface area contributed by atoms with Crippen LogP contribution in [-0.4, -0.2) is 19.8 Å². The molecule has 2 unspecified atom stereocenters. The predicted octanol–water partition coefficient (Wildman–Crippen LogP) is 2.21. The molecule has 0 spiro atoms. The highest BCUT2D eigenvalue weighted by Crippen LogP contribution is 2.28. The van der Waals surface area contributed by atoms with Gasteiger partial charge in [0.15, 0.2) is 0 Å². The molecule has 3 N–H and O–H groups in total.